The SMILES string of the molecule is Cc1c(CBr)cccc1C(=O)O. The summed E-state index contributed by atoms with van der Waals surface area (Å²) in [7, 11) is 0. The summed E-state index contributed by atoms with van der Waals surface area (Å²) in [5.74, 6) is -0.865. The summed E-state index contributed by atoms with van der Waals surface area (Å²) < 4.78 is 0. The molecule has 64 valence electrons. The van der Waals surface area contributed by atoms with E-state index in [0.29, 0.717) is 10.9 Å². The third-order valence-electron chi connectivity index (χ3n) is 1.82. The van der Waals surface area contributed by atoms with Gasteiger partial charge in [0.15, 0.2) is 0 Å². The number of rotatable bonds is 2. The molecular weight excluding hydrogens is 220 g/mol. The van der Waals surface area contributed by atoms with Crippen LogP contribution in [0.4, 0.5) is 0 Å². The fourth-order valence-electron chi connectivity index (χ4n) is 1.06. The molecule has 2 nitrogen and oxygen atoms in total. The second-order valence-electron chi connectivity index (χ2n) is 2.53. The van der Waals surface area contributed by atoms with Gasteiger partial charge >= 0.3 is 5.97 Å². The number of halogens is 1. The first kappa shape index (κ1) is 9.26. The molecule has 0 fully saturated rings. The van der Waals surface area contributed by atoms with Crippen LogP contribution in [0.15, 0.2) is 18.2 Å². The largest absolute Gasteiger partial charge is 0.478 e. The molecule has 0 bridgehead atoms. The van der Waals surface area contributed by atoms with E-state index in [0.717, 1.165) is 11.1 Å². The summed E-state index contributed by atoms with van der Waals surface area (Å²) in [6.07, 6.45) is 0. The predicted octanol–water partition coefficient (Wildman–Crippen LogP) is 2.59. The Labute approximate surface area is 79.3 Å². The van der Waals surface area contributed by atoms with Crippen LogP contribution < -0.4 is 0 Å². The van der Waals surface area contributed by atoms with Gasteiger partial charge < -0.3 is 5.11 Å². The molecule has 0 saturated carbocycles. The van der Waals surface area contributed by atoms with Gasteiger partial charge in [0.25, 0.3) is 0 Å². The van der Waals surface area contributed by atoms with Gasteiger partial charge in [0, 0.05) is 5.33 Å². The Morgan fingerprint density at radius 2 is 2.25 bits per heavy atom. The van der Waals surface area contributed by atoms with Crippen molar-refractivity contribution in [1.82, 2.24) is 0 Å². The number of benzene rings is 1. The molecule has 0 aliphatic carbocycles. The third kappa shape index (κ3) is 1.67. The van der Waals surface area contributed by atoms with E-state index < -0.39 is 5.97 Å². The Morgan fingerprint density at radius 1 is 1.58 bits per heavy atom. The van der Waals surface area contributed by atoms with Crippen molar-refractivity contribution in [3.8, 4) is 0 Å². The second kappa shape index (κ2) is 3.72. The smallest absolute Gasteiger partial charge is 0.335 e. The molecule has 0 spiro atoms. The first-order valence-electron chi connectivity index (χ1n) is 3.54. The minimum absolute atomic E-state index is 0.381. The zero-order chi connectivity index (χ0) is 9.14. The van der Waals surface area contributed by atoms with Crippen molar-refractivity contribution in [2.45, 2.75) is 12.3 Å². The maximum absolute atomic E-state index is 10.7. The molecule has 0 unspecified atom stereocenters. The van der Waals surface area contributed by atoms with Gasteiger partial charge in [-0.2, -0.15) is 0 Å². The number of aromatic carboxylic acids is 1. The monoisotopic (exact) mass is 228 g/mol. The average Bonchev–Trinajstić information content (AvgIpc) is 2.04. The van der Waals surface area contributed by atoms with Crippen LogP contribution in [0.1, 0.15) is 21.5 Å². The first-order chi connectivity index (χ1) is 5.66. The highest BCUT2D eigenvalue weighted by Crippen LogP contribution is 2.16. The number of hydrogen-bond acceptors (Lipinski definition) is 1. The normalized spacial score (nSPS) is 9.83. The zero-order valence-electron chi connectivity index (χ0n) is 6.67. The lowest BCUT2D eigenvalue weighted by molar-refractivity contribution is 0.0696. The molecule has 12 heavy (non-hydrogen) atoms. The van der Waals surface area contributed by atoms with Gasteiger partial charge in [-0.1, -0.05) is 28.1 Å². The van der Waals surface area contributed by atoms with Crippen LogP contribution >= 0.6 is 15.9 Å². The molecule has 0 saturated heterocycles. The Morgan fingerprint density at radius 3 is 2.75 bits per heavy atom. The van der Waals surface area contributed by atoms with Crippen LogP contribution in [0.5, 0.6) is 0 Å². The third-order valence-corrected chi connectivity index (χ3v) is 2.42. The van der Waals surface area contributed by atoms with Gasteiger partial charge in [-0.3, -0.25) is 0 Å². The molecule has 1 aromatic rings. The first-order valence-corrected chi connectivity index (χ1v) is 4.66. The lowest BCUT2D eigenvalue weighted by Crippen LogP contribution is -2.01. The van der Waals surface area contributed by atoms with E-state index in [4.69, 9.17) is 5.11 Å². The van der Waals surface area contributed by atoms with Crippen LogP contribution in [0.2, 0.25) is 0 Å². The highest BCUT2D eigenvalue weighted by molar-refractivity contribution is 9.08. The van der Waals surface area contributed by atoms with Gasteiger partial charge in [-0.25, -0.2) is 4.79 Å². The molecule has 0 amide bonds. The molecule has 0 heterocycles. The van der Waals surface area contributed by atoms with Crippen LogP contribution in [-0.2, 0) is 5.33 Å². The fourth-order valence-corrected chi connectivity index (χ4v) is 1.67. The van der Waals surface area contributed by atoms with E-state index in [1.54, 1.807) is 12.1 Å². The van der Waals surface area contributed by atoms with E-state index in [1.807, 2.05) is 13.0 Å². The molecular formula is C9H9BrO2. The maximum Gasteiger partial charge on any atom is 0.335 e. The van der Waals surface area contributed by atoms with Gasteiger partial charge in [0.1, 0.15) is 0 Å². The Bertz CT molecular complexity index is 307. The number of carbonyl (C=O) groups is 1. The molecule has 0 aliphatic heterocycles. The lowest BCUT2D eigenvalue weighted by Gasteiger charge is -2.04. The number of hydrogen-bond donors (Lipinski definition) is 1. The molecule has 3 heteroatoms. The quantitative estimate of drug-likeness (QED) is 0.791. The van der Waals surface area contributed by atoms with E-state index in [9.17, 15) is 4.79 Å². The maximum atomic E-state index is 10.7. The molecule has 1 rings (SSSR count). The van der Waals surface area contributed by atoms with Crippen molar-refractivity contribution in [1.29, 1.82) is 0 Å². The van der Waals surface area contributed by atoms with Crippen molar-refractivity contribution in [3.63, 3.8) is 0 Å². The van der Waals surface area contributed by atoms with Crippen molar-refractivity contribution >= 4 is 21.9 Å². The number of carboxylic acid groups (broad SMARTS) is 1. The Balaban J connectivity index is 3.23. The number of carboxylic acids is 1. The van der Waals surface area contributed by atoms with E-state index in [2.05, 4.69) is 15.9 Å². The van der Waals surface area contributed by atoms with Crippen molar-refractivity contribution in [2.24, 2.45) is 0 Å². The van der Waals surface area contributed by atoms with Gasteiger partial charge in [0.2, 0.25) is 0 Å². The molecule has 0 atom stereocenters. The average molecular weight is 229 g/mol. The molecule has 1 aromatic carbocycles. The van der Waals surface area contributed by atoms with E-state index in [-0.39, 0.29) is 0 Å². The highest BCUT2D eigenvalue weighted by atomic mass is 79.9. The summed E-state index contributed by atoms with van der Waals surface area (Å²) in [6.45, 7) is 1.82. The topological polar surface area (TPSA) is 37.3 Å². The second-order valence-corrected chi connectivity index (χ2v) is 3.09. The van der Waals surface area contributed by atoms with Crippen LogP contribution in [-0.4, -0.2) is 11.1 Å². The molecule has 0 aromatic heterocycles. The predicted molar refractivity (Wildman–Crippen MR) is 50.8 cm³/mol. The minimum atomic E-state index is -0.865. The summed E-state index contributed by atoms with van der Waals surface area (Å²) in [5.41, 5.74) is 2.24. The van der Waals surface area contributed by atoms with Crippen molar-refractivity contribution < 1.29 is 9.90 Å². The van der Waals surface area contributed by atoms with Gasteiger partial charge in [-0.15, -0.1) is 0 Å². The number of alkyl halides is 1. The summed E-state index contributed by atoms with van der Waals surface area (Å²) >= 11 is 3.30. The Kier molecular flexibility index (Phi) is 2.87. The summed E-state index contributed by atoms with van der Waals surface area (Å²) in [4.78, 5) is 10.7. The molecule has 0 aliphatic rings. The fraction of sp³-hybridized carbons (Fsp3) is 0.222. The van der Waals surface area contributed by atoms with E-state index in [1.165, 1.54) is 0 Å². The summed E-state index contributed by atoms with van der Waals surface area (Å²) in [6, 6.07) is 5.29. The minimum Gasteiger partial charge on any atom is -0.478 e. The van der Waals surface area contributed by atoms with Crippen LogP contribution in [0, 0.1) is 6.92 Å². The Hall–Kier alpha value is -0.830. The summed E-state index contributed by atoms with van der Waals surface area (Å²) in [5, 5.41) is 9.46. The van der Waals surface area contributed by atoms with Crippen LogP contribution in [0.25, 0.3) is 0 Å². The van der Waals surface area contributed by atoms with Crippen molar-refractivity contribution in [2.75, 3.05) is 0 Å². The lowest BCUT2D eigenvalue weighted by atomic mass is 10.0. The standard InChI is InChI=1S/C9H9BrO2/c1-6-7(5-10)3-2-4-8(6)9(11)12/h2-4H,5H2,1H3,(H,11,12). The zero-order valence-corrected chi connectivity index (χ0v) is 8.26. The van der Waals surface area contributed by atoms with Crippen molar-refractivity contribution in [3.05, 3.63) is 34.9 Å². The van der Waals surface area contributed by atoms with E-state index >= 15 is 0 Å². The van der Waals surface area contributed by atoms with Gasteiger partial charge in [-0.05, 0) is 24.1 Å². The van der Waals surface area contributed by atoms with Crippen LogP contribution in [0.3, 0.4) is 0 Å². The molecule has 1 N–H and O–H groups in total. The van der Waals surface area contributed by atoms with Gasteiger partial charge in [0.05, 0.1) is 5.56 Å². The highest BCUT2D eigenvalue weighted by Gasteiger charge is 2.08. The molecule has 0 radical (unpaired) electrons.